The van der Waals surface area contributed by atoms with Crippen molar-refractivity contribution in [3.8, 4) is 0 Å². The summed E-state index contributed by atoms with van der Waals surface area (Å²) in [6.45, 7) is 1.58. The number of rotatable bonds is 3. The van der Waals surface area contributed by atoms with Gasteiger partial charge in [0, 0.05) is 25.8 Å². The van der Waals surface area contributed by atoms with Gasteiger partial charge in [-0.3, -0.25) is 14.5 Å². The van der Waals surface area contributed by atoms with Crippen LogP contribution in [0.2, 0.25) is 0 Å². The van der Waals surface area contributed by atoms with Crippen LogP contribution in [0.1, 0.15) is 6.42 Å². The van der Waals surface area contributed by atoms with Crippen molar-refractivity contribution in [2.75, 3.05) is 44.3 Å². The van der Waals surface area contributed by atoms with Crippen molar-refractivity contribution >= 4 is 23.2 Å². The smallest absolute Gasteiger partial charge is 0.238 e. The second-order valence-corrected chi connectivity index (χ2v) is 5.17. The Morgan fingerprint density at radius 1 is 1.43 bits per heavy atom. The highest BCUT2D eigenvalue weighted by Gasteiger charge is 2.21. The second-order valence-electron chi connectivity index (χ2n) is 5.17. The molecule has 2 amide bonds. The highest BCUT2D eigenvalue weighted by atomic mass is 19.1. The Hall–Kier alpha value is -2.15. The third-order valence-electron chi connectivity index (χ3n) is 3.38. The standard InChI is InChI=1S/C14H19FN4O2/c1-18-5-2-6-19(9-14(18)21)8-13(20)17-12-7-10(16)3-4-11(12)15/h3-4,7H,2,5-6,8-9,16H2,1H3,(H,17,20). The van der Waals surface area contributed by atoms with Gasteiger partial charge >= 0.3 is 0 Å². The number of halogens is 1. The van der Waals surface area contributed by atoms with Gasteiger partial charge in [-0.15, -0.1) is 0 Å². The molecule has 114 valence electrons. The van der Waals surface area contributed by atoms with Crippen molar-refractivity contribution in [2.24, 2.45) is 0 Å². The molecule has 0 aliphatic carbocycles. The molecule has 1 fully saturated rings. The molecule has 1 aromatic carbocycles. The monoisotopic (exact) mass is 294 g/mol. The van der Waals surface area contributed by atoms with E-state index < -0.39 is 5.82 Å². The molecule has 21 heavy (non-hydrogen) atoms. The lowest BCUT2D eigenvalue weighted by atomic mass is 10.2. The molecule has 7 heteroatoms. The SMILES string of the molecule is CN1CCCN(CC(=O)Nc2cc(N)ccc2F)CC1=O. The molecule has 0 atom stereocenters. The lowest BCUT2D eigenvalue weighted by Crippen LogP contribution is -2.38. The number of amides is 2. The van der Waals surface area contributed by atoms with Gasteiger partial charge in [0.25, 0.3) is 0 Å². The summed E-state index contributed by atoms with van der Waals surface area (Å²) in [6, 6.07) is 4.00. The third kappa shape index (κ3) is 4.16. The largest absolute Gasteiger partial charge is 0.399 e. The molecule has 0 bridgehead atoms. The van der Waals surface area contributed by atoms with Gasteiger partial charge in [0.15, 0.2) is 0 Å². The van der Waals surface area contributed by atoms with Gasteiger partial charge in [0.1, 0.15) is 5.82 Å². The molecule has 3 N–H and O–H groups in total. The van der Waals surface area contributed by atoms with Crippen LogP contribution < -0.4 is 11.1 Å². The van der Waals surface area contributed by atoms with E-state index in [2.05, 4.69) is 5.32 Å². The van der Waals surface area contributed by atoms with Crippen LogP contribution in [0.15, 0.2) is 18.2 Å². The zero-order valence-electron chi connectivity index (χ0n) is 11.9. The topological polar surface area (TPSA) is 78.7 Å². The Bertz CT molecular complexity index is 550. The first kappa shape index (κ1) is 15.2. The molecular formula is C14H19FN4O2. The predicted octanol–water partition coefficient (Wildman–Crippen LogP) is 0.511. The maximum Gasteiger partial charge on any atom is 0.238 e. The molecule has 2 rings (SSSR count). The minimum absolute atomic E-state index is 0.0181. The van der Waals surface area contributed by atoms with E-state index in [4.69, 9.17) is 5.73 Å². The van der Waals surface area contributed by atoms with Crippen molar-refractivity contribution in [1.82, 2.24) is 9.80 Å². The normalized spacial score (nSPS) is 16.7. The number of carbonyl (C=O) groups excluding carboxylic acids is 2. The number of carbonyl (C=O) groups is 2. The number of hydrogen-bond donors (Lipinski definition) is 2. The van der Waals surface area contributed by atoms with Crippen LogP contribution in [0.3, 0.4) is 0 Å². The quantitative estimate of drug-likeness (QED) is 0.796. The molecule has 6 nitrogen and oxygen atoms in total. The summed E-state index contributed by atoms with van der Waals surface area (Å²) in [5.74, 6) is -0.920. The van der Waals surface area contributed by atoms with Gasteiger partial charge in [0.2, 0.25) is 11.8 Å². The van der Waals surface area contributed by atoms with E-state index in [1.165, 1.54) is 18.2 Å². The molecule has 0 saturated carbocycles. The van der Waals surface area contributed by atoms with Crippen molar-refractivity contribution in [3.05, 3.63) is 24.0 Å². The van der Waals surface area contributed by atoms with E-state index in [9.17, 15) is 14.0 Å². The minimum Gasteiger partial charge on any atom is -0.399 e. The summed E-state index contributed by atoms with van der Waals surface area (Å²) < 4.78 is 13.5. The van der Waals surface area contributed by atoms with Gasteiger partial charge in [-0.1, -0.05) is 0 Å². The lowest BCUT2D eigenvalue weighted by Gasteiger charge is -2.18. The number of nitrogen functional groups attached to an aromatic ring is 1. The number of hydrogen-bond acceptors (Lipinski definition) is 4. The van der Waals surface area contributed by atoms with Crippen LogP contribution in [-0.2, 0) is 9.59 Å². The van der Waals surface area contributed by atoms with Gasteiger partial charge in [-0.05, 0) is 24.6 Å². The molecular weight excluding hydrogens is 275 g/mol. The maximum atomic E-state index is 13.5. The van der Waals surface area contributed by atoms with E-state index in [1.807, 2.05) is 0 Å². The fourth-order valence-electron chi connectivity index (χ4n) is 2.21. The average molecular weight is 294 g/mol. The zero-order chi connectivity index (χ0) is 15.4. The van der Waals surface area contributed by atoms with Crippen LogP contribution in [-0.4, -0.2) is 54.8 Å². The second kappa shape index (κ2) is 6.53. The number of nitrogens with two attached hydrogens (primary N) is 1. The third-order valence-corrected chi connectivity index (χ3v) is 3.38. The first-order valence-corrected chi connectivity index (χ1v) is 6.77. The number of nitrogens with zero attached hydrogens (tertiary/aromatic N) is 2. The van der Waals surface area contributed by atoms with E-state index in [0.29, 0.717) is 18.8 Å². The summed E-state index contributed by atoms with van der Waals surface area (Å²) in [5.41, 5.74) is 5.99. The van der Waals surface area contributed by atoms with Crippen molar-refractivity contribution in [3.63, 3.8) is 0 Å². The molecule has 1 aromatic rings. The van der Waals surface area contributed by atoms with Crippen LogP contribution >= 0.6 is 0 Å². The van der Waals surface area contributed by atoms with Gasteiger partial charge in [-0.2, -0.15) is 0 Å². The Morgan fingerprint density at radius 2 is 2.19 bits per heavy atom. The lowest BCUT2D eigenvalue weighted by molar-refractivity contribution is -0.130. The highest BCUT2D eigenvalue weighted by molar-refractivity contribution is 5.93. The fourth-order valence-corrected chi connectivity index (χ4v) is 2.21. The molecule has 0 radical (unpaired) electrons. The van der Waals surface area contributed by atoms with E-state index in [0.717, 1.165) is 6.42 Å². The molecule has 1 saturated heterocycles. The Labute approximate surface area is 122 Å². The maximum absolute atomic E-state index is 13.5. The summed E-state index contributed by atoms with van der Waals surface area (Å²) in [4.78, 5) is 27.1. The highest BCUT2D eigenvalue weighted by Crippen LogP contribution is 2.17. The average Bonchev–Trinajstić information content (AvgIpc) is 2.56. The Morgan fingerprint density at radius 3 is 2.95 bits per heavy atom. The number of likely N-dealkylation sites (N-methyl/N-ethyl adjacent to an activating group) is 1. The first-order chi connectivity index (χ1) is 9.95. The molecule has 0 aromatic heterocycles. The summed E-state index contributed by atoms with van der Waals surface area (Å²) in [7, 11) is 1.74. The molecule has 1 heterocycles. The molecule has 0 spiro atoms. The molecule has 1 aliphatic rings. The van der Waals surface area contributed by atoms with Crippen molar-refractivity contribution in [1.29, 1.82) is 0 Å². The van der Waals surface area contributed by atoms with E-state index in [1.54, 1.807) is 16.8 Å². The fraction of sp³-hybridized carbons (Fsp3) is 0.429. The summed E-state index contributed by atoms with van der Waals surface area (Å²) >= 11 is 0. The van der Waals surface area contributed by atoms with Gasteiger partial charge in [0.05, 0.1) is 18.8 Å². The number of nitrogens with one attached hydrogen (secondary N) is 1. The van der Waals surface area contributed by atoms with E-state index >= 15 is 0 Å². The van der Waals surface area contributed by atoms with Crippen LogP contribution in [0.25, 0.3) is 0 Å². The van der Waals surface area contributed by atoms with Crippen LogP contribution in [0.4, 0.5) is 15.8 Å². The van der Waals surface area contributed by atoms with Crippen molar-refractivity contribution < 1.29 is 14.0 Å². The Kier molecular flexibility index (Phi) is 4.74. The summed E-state index contributed by atoms with van der Waals surface area (Å²) in [5, 5.41) is 2.48. The number of anilines is 2. The molecule has 1 aliphatic heterocycles. The Balaban J connectivity index is 1.95. The van der Waals surface area contributed by atoms with Crippen molar-refractivity contribution in [2.45, 2.75) is 6.42 Å². The minimum atomic E-state index is -0.538. The predicted molar refractivity (Wildman–Crippen MR) is 78.1 cm³/mol. The van der Waals surface area contributed by atoms with E-state index in [-0.39, 0.29) is 30.6 Å². The molecule has 0 unspecified atom stereocenters. The number of benzene rings is 1. The van der Waals surface area contributed by atoms with Gasteiger partial charge in [-0.25, -0.2) is 4.39 Å². The summed E-state index contributed by atoms with van der Waals surface area (Å²) in [6.07, 6.45) is 0.808. The van der Waals surface area contributed by atoms with Gasteiger partial charge < -0.3 is 16.0 Å². The first-order valence-electron chi connectivity index (χ1n) is 6.77. The zero-order valence-corrected chi connectivity index (χ0v) is 11.9. The van der Waals surface area contributed by atoms with Crippen LogP contribution in [0, 0.1) is 5.82 Å². The van der Waals surface area contributed by atoms with Crippen LogP contribution in [0.5, 0.6) is 0 Å².